The maximum atomic E-state index is 13.1. The van der Waals surface area contributed by atoms with Crippen molar-refractivity contribution in [1.82, 2.24) is 0 Å². The normalized spacial score (nSPS) is 18.1. The summed E-state index contributed by atoms with van der Waals surface area (Å²) in [6.07, 6.45) is 1.52. The fraction of sp³-hybridized carbons (Fsp3) is 0.120. The molecule has 1 fully saturated rings. The van der Waals surface area contributed by atoms with E-state index >= 15 is 0 Å². The first-order valence-electron chi connectivity index (χ1n) is 10.1. The molecule has 0 bridgehead atoms. The summed E-state index contributed by atoms with van der Waals surface area (Å²) in [6, 6.07) is 15.1. The highest BCUT2D eigenvalue weighted by Gasteiger charge is 2.67. The van der Waals surface area contributed by atoms with Crippen LogP contribution in [0.25, 0.3) is 6.08 Å². The molecule has 34 heavy (non-hydrogen) atoms. The lowest BCUT2D eigenvalue weighted by Gasteiger charge is -2.11. The molecule has 2 N–H and O–H groups in total. The second-order valence-electron chi connectivity index (χ2n) is 7.79. The van der Waals surface area contributed by atoms with Crippen LogP contribution in [0.5, 0.6) is 0 Å². The summed E-state index contributed by atoms with van der Waals surface area (Å²) in [5.41, 5.74) is 2.28. The number of anilines is 2. The van der Waals surface area contributed by atoms with Gasteiger partial charge >= 0.3 is 0 Å². The maximum Gasteiger partial charge on any atom is 0.256 e. The van der Waals surface area contributed by atoms with Crippen LogP contribution in [0.4, 0.5) is 15.8 Å². The summed E-state index contributed by atoms with van der Waals surface area (Å²) in [6.45, 7) is 3.72. The molecule has 0 radical (unpaired) electrons. The highest BCUT2D eigenvalue weighted by molar-refractivity contribution is 6.53. The molecule has 1 aliphatic rings. The number of rotatable bonds is 6. The number of benzene rings is 3. The second kappa shape index (κ2) is 9.59. The van der Waals surface area contributed by atoms with Crippen LogP contribution in [0.3, 0.4) is 0 Å². The van der Waals surface area contributed by atoms with E-state index in [1.807, 2.05) is 0 Å². The van der Waals surface area contributed by atoms with Crippen LogP contribution >= 0.6 is 46.4 Å². The van der Waals surface area contributed by atoms with Crippen molar-refractivity contribution in [2.24, 2.45) is 5.92 Å². The molecule has 0 aromatic heterocycles. The molecule has 0 heterocycles. The van der Waals surface area contributed by atoms with Gasteiger partial charge in [-0.1, -0.05) is 41.9 Å². The van der Waals surface area contributed by atoms with E-state index in [1.54, 1.807) is 30.3 Å². The van der Waals surface area contributed by atoms with Crippen LogP contribution in [0.2, 0.25) is 10.0 Å². The van der Waals surface area contributed by atoms with Crippen molar-refractivity contribution in [3.63, 3.8) is 0 Å². The standard InChI is InChI=1S/C25H17Cl4FN2O2/c1-2-13-3-6-19(12-20(13)23(33)31-18-7-4-17(30)5-8-18)32-24(34)22-21(25(22,28)29)14-9-15(26)11-16(27)10-14/h2-12,21-22H,1H2,(H,31,33)(H,32,34)/t21-,22+/m1/s1. The molecule has 9 heteroatoms. The average Bonchev–Trinajstić information content (AvgIpc) is 3.36. The molecule has 2 atom stereocenters. The molecule has 1 saturated carbocycles. The van der Waals surface area contributed by atoms with Gasteiger partial charge in [-0.3, -0.25) is 9.59 Å². The molecule has 0 spiro atoms. The Bertz CT molecular complexity index is 1270. The molecule has 174 valence electrons. The predicted molar refractivity (Wildman–Crippen MR) is 137 cm³/mol. The average molecular weight is 538 g/mol. The Morgan fingerprint density at radius 3 is 2.15 bits per heavy atom. The van der Waals surface area contributed by atoms with Crippen LogP contribution in [0.15, 0.2) is 67.2 Å². The van der Waals surface area contributed by atoms with E-state index in [0.717, 1.165) is 0 Å². The van der Waals surface area contributed by atoms with Gasteiger partial charge in [-0.2, -0.15) is 0 Å². The third kappa shape index (κ3) is 5.08. The van der Waals surface area contributed by atoms with Gasteiger partial charge in [0.15, 0.2) is 0 Å². The third-order valence-electron chi connectivity index (χ3n) is 5.47. The van der Waals surface area contributed by atoms with E-state index in [-0.39, 0.29) is 5.56 Å². The summed E-state index contributed by atoms with van der Waals surface area (Å²) in [4.78, 5) is 25.8. The van der Waals surface area contributed by atoms with Gasteiger partial charge < -0.3 is 10.6 Å². The number of carbonyl (C=O) groups is 2. The lowest BCUT2D eigenvalue weighted by Crippen LogP contribution is -2.18. The van der Waals surface area contributed by atoms with Crippen molar-refractivity contribution in [2.45, 2.75) is 10.3 Å². The van der Waals surface area contributed by atoms with Gasteiger partial charge in [0.25, 0.3) is 5.91 Å². The second-order valence-corrected chi connectivity index (χ2v) is 10.1. The summed E-state index contributed by atoms with van der Waals surface area (Å²) in [7, 11) is 0. The van der Waals surface area contributed by atoms with Crippen molar-refractivity contribution in [2.75, 3.05) is 10.6 Å². The molecular formula is C25H17Cl4FN2O2. The van der Waals surface area contributed by atoms with Gasteiger partial charge in [-0.25, -0.2) is 4.39 Å². The van der Waals surface area contributed by atoms with E-state index in [4.69, 9.17) is 46.4 Å². The van der Waals surface area contributed by atoms with Crippen LogP contribution in [-0.4, -0.2) is 16.1 Å². The molecule has 4 nitrogen and oxygen atoms in total. The fourth-order valence-corrected chi connectivity index (χ4v) is 5.15. The van der Waals surface area contributed by atoms with Gasteiger partial charge in [-0.15, -0.1) is 23.2 Å². The quantitative estimate of drug-likeness (QED) is 0.319. The summed E-state index contributed by atoms with van der Waals surface area (Å²) < 4.78 is 11.8. The molecule has 1 aliphatic carbocycles. The topological polar surface area (TPSA) is 58.2 Å². The summed E-state index contributed by atoms with van der Waals surface area (Å²) in [5.74, 6) is -2.52. The molecule has 4 rings (SSSR count). The van der Waals surface area contributed by atoms with Crippen molar-refractivity contribution >= 4 is 75.7 Å². The monoisotopic (exact) mass is 536 g/mol. The van der Waals surface area contributed by atoms with E-state index in [9.17, 15) is 14.0 Å². The Balaban J connectivity index is 1.53. The first-order valence-corrected chi connectivity index (χ1v) is 11.6. The lowest BCUT2D eigenvalue weighted by atomic mass is 10.0. The number of halogens is 5. The minimum Gasteiger partial charge on any atom is -0.326 e. The van der Waals surface area contributed by atoms with E-state index < -0.39 is 33.8 Å². The third-order valence-corrected chi connectivity index (χ3v) is 6.84. The highest BCUT2D eigenvalue weighted by atomic mass is 35.5. The molecule has 2 amide bonds. The van der Waals surface area contributed by atoms with E-state index in [0.29, 0.717) is 32.5 Å². The maximum absolute atomic E-state index is 13.1. The molecule has 0 saturated heterocycles. The van der Waals surface area contributed by atoms with Gasteiger partial charge in [0.05, 0.1) is 5.92 Å². The van der Waals surface area contributed by atoms with Gasteiger partial charge in [-0.05, 0) is 65.7 Å². The number of hydrogen-bond acceptors (Lipinski definition) is 2. The first-order chi connectivity index (χ1) is 16.1. The van der Waals surface area contributed by atoms with Gasteiger partial charge in [0.2, 0.25) is 5.91 Å². The summed E-state index contributed by atoms with van der Waals surface area (Å²) >= 11 is 25.0. The van der Waals surface area contributed by atoms with Crippen molar-refractivity contribution < 1.29 is 14.0 Å². The fourth-order valence-electron chi connectivity index (χ4n) is 3.78. The number of hydrogen-bond donors (Lipinski definition) is 2. The largest absolute Gasteiger partial charge is 0.326 e. The van der Waals surface area contributed by atoms with E-state index in [2.05, 4.69) is 17.2 Å². The Morgan fingerprint density at radius 2 is 1.53 bits per heavy atom. The van der Waals surface area contributed by atoms with Crippen molar-refractivity contribution in [1.29, 1.82) is 0 Å². The number of amides is 2. The molecule has 0 unspecified atom stereocenters. The zero-order valence-electron chi connectivity index (χ0n) is 17.4. The smallest absolute Gasteiger partial charge is 0.256 e. The van der Waals surface area contributed by atoms with Crippen LogP contribution in [0, 0.1) is 11.7 Å². The van der Waals surface area contributed by atoms with Gasteiger partial charge in [0, 0.05) is 32.9 Å². The predicted octanol–water partition coefficient (Wildman–Crippen LogP) is 7.55. The van der Waals surface area contributed by atoms with Crippen molar-refractivity contribution in [3.05, 3.63) is 99.8 Å². The minimum absolute atomic E-state index is 0.272. The lowest BCUT2D eigenvalue weighted by molar-refractivity contribution is -0.117. The number of nitrogens with one attached hydrogen (secondary N) is 2. The summed E-state index contributed by atoms with van der Waals surface area (Å²) in [5, 5.41) is 6.29. The molecule has 3 aromatic carbocycles. The first kappa shape index (κ1) is 24.6. The molecule has 0 aliphatic heterocycles. The zero-order valence-corrected chi connectivity index (χ0v) is 20.4. The van der Waals surface area contributed by atoms with Crippen LogP contribution in [0.1, 0.15) is 27.4 Å². The Kier molecular flexibility index (Phi) is 6.92. The Morgan fingerprint density at radius 1 is 0.912 bits per heavy atom. The van der Waals surface area contributed by atoms with Crippen molar-refractivity contribution in [3.8, 4) is 0 Å². The van der Waals surface area contributed by atoms with Gasteiger partial charge in [0.1, 0.15) is 10.2 Å². The van der Waals surface area contributed by atoms with E-state index in [1.165, 1.54) is 36.4 Å². The molecular weight excluding hydrogens is 521 g/mol. The zero-order chi connectivity index (χ0) is 24.6. The SMILES string of the molecule is C=Cc1ccc(NC(=O)[C@@H]2[C@@H](c3cc(Cl)cc(Cl)c3)C2(Cl)Cl)cc1C(=O)Nc1ccc(F)cc1. The number of carbonyl (C=O) groups excluding carboxylic acids is 2. The Labute approximate surface area is 215 Å². The van der Waals surface area contributed by atoms with Crippen LogP contribution in [-0.2, 0) is 4.79 Å². The Hall–Kier alpha value is -2.57. The number of alkyl halides is 2. The van der Waals surface area contributed by atoms with Crippen LogP contribution < -0.4 is 10.6 Å². The minimum atomic E-state index is -1.33. The highest BCUT2D eigenvalue weighted by Crippen LogP contribution is 2.65. The molecule has 3 aromatic rings.